The molecule has 0 heterocycles. The van der Waals surface area contributed by atoms with E-state index in [4.69, 9.17) is 15.9 Å². The third-order valence-corrected chi connectivity index (χ3v) is 2.71. The predicted molar refractivity (Wildman–Crippen MR) is 70.1 cm³/mol. The molecule has 2 unspecified atom stereocenters. The summed E-state index contributed by atoms with van der Waals surface area (Å²) < 4.78 is 0. The Bertz CT molecular complexity index is 489. The molecule has 108 valence electrons. The van der Waals surface area contributed by atoms with Gasteiger partial charge in [0.1, 0.15) is 0 Å². The molecule has 0 fully saturated rings. The fourth-order valence-corrected chi connectivity index (χ4v) is 1.65. The van der Waals surface area contributed by atoms with Crippen LogP contribution in [0.5, 0.6) is 0 Å². The Kier molecular flexibility index (Phi) is 5.67. The molecule has 20 heavy (non-hydrogen) atoms. The number of carbonyl (C=O) groups excluding carboxylic acids is 1. The Morgan fingerprint density at radius 1 is 1.15 bits per heavy atom. The third kappa shape index (κ3) is 4.69. The maximum absolute atomic E-state index is 11.5. The molecule has 7 nitrogen and oxygen atoms in total. The molecular weight excluding hydrogens is 264 g/mol. The zero-order valence-corrected chi connectivity index (χ0v) is 10.7. The van der Waals surface area contributed by atoms with Crippen molar-refractivity contribution in [3.63, 3.8) is 0 Å². The highest BCUT2D eigenvalue weighted by Gasteiger charge is 2.23. The van der Waals surface area contributed by atoms with E-state index in [0.717, 1.165) is 0 Å². The first-order chi connectivity index (χ1) is 9.41. The van der Waals surface area contributed by atoms with E-state index < -0.39 is 36.2 Å². The summed E-state index contributed by atoms with van der Waals surface area (Å²) in [6.45, 7) is -0.147. The number of nitrogens with one attached hydrogen (secondary N) is 1. The van der Waals surface area contributed by atoms with Gasteiger partial charge in [-0.1, -0.05) is 30.3 Å². The van der Waals surface area contributed by atoms with E-state index in [1.807, 2.05) is 0 Å². The number of nitrogens with two attached hydrogens (primary N) is 1. The first-order valence-corrected chi connectivity index (χ1v) is 5.94. The standard InChI is InChI=1S/C13H16N2O5/c14-10(6-11(16)17)12(18)15-7-9(13(19)20)8-4-2-1-3-5-8/h1-5,9-10H,6-7,14H2,(H,15,18)(H,16,17)(H,19,20). The summed E-state index contributed by atoms with van der Waals surface area (Å²) in [5.74, 6) is -3.86. The highest BCUT2D eigenvalue weighted by atomic mass is 16.4. The summed E-state index contributed by atoms with van der Waals surface area (Å²) >= 11 is 0. The lowest BCUT2D eigenvalue weighted by molar-refractivity contribution is -0.140. The number of hydrogen-bond donors (Lipinski definition) is 4. The minimum atomic E-state index is -1.20. The highest BCUT2D eigenvalue weighted by Crippen LogP contribution is 2.14. The van der Waals surface area contributed by atoms with Gasteiger partial charge in [-0.25, -0.2) is 0 Å². The molecule has 1 aromatic carbocycles. The van der Waals surface area contributed by atoms with Gasteiger partial charge in [0.2, 0.25) is 5.91 Å². The molecule has 0 saturated carbocycles. The second-order valence-corrected chi connectivity index (χ2v) is 4.25. The zero-order valence-electron chi connectivity index (χ0n) is 10.7. The van der Waals surface area contributed by atoms with Crippen LogP contribution in [-0.2, 0) is 14.4 Å². The number of hydrogen-bond acceptors (Lipinski definition) is 4. The van der Waals surface area contributed by atoms with Crippen molar-refractivity contribution in [2.45, 2.75) is 18.4 Å². The van der Waals surface area contributed by atoms with E-state index in [9.17, 15) is 14.4 Å². The van der Waals surface area contributed by atoms with E-state index in [2.05, 4.69) is 5.32 Å². The van der Waals surface area contributed by atoms with Gasteiger partial charge in [0.05, 0.1) is 18.4 Å². The van der Waals surface area contributed by atoms with E-state index >= 15 is 0 Å². The molecule has 0 spiro atoms. The van der Waals surface area contributed by atoms with Gasteiger partial charge in [-0.05, 0) is 5.56 Å². The van der Waals surface area contributed by atoms with Crippen LogP contribution in [0, 0.1) is 0 Å². The van der Waals surface area contributed by atoms with Gasteiger partial charge in [0, 0.05) is 6.54 Å². The molecule has 0 radical (unpaired) electrons. The highest BCUT2D eigenvalue weighted by molar-refractivity contribution is 5.86. The largest absolute Gasteiger partial charge is 0.481 e. The Morgan fingerprint density at radius 2 is 1.75 bits per heavy atom. The Labute approximate surface area is 115 Å². The molecule has 2 atom stereocenters. The molecule has 0 aliphatic rings. The first-order valence-electron chi connectivity index (χ1n) is 5.94. The molecule has 0 aromatic heterocycles. The van der Waals surface area contributed by atoms with Crippen LogP contribution in [-0.4, -0.2) is 40.6 Å². The molecule has 0 aliphatic carbocycles. The molecule has 1 rings (SSSR count). The molecular formula is C13H16N2O5. The van der Waals surface area contributed by atoms with Crippen LogP contribution in [0.15, 0.2) is 30.3 Å². The minimum Gasteiger partial charge on any atom is -0.481 e. The van der Waals surface area contributed by atoms with Crippen molar-refractivity contribution < 1.29 is 24.6 Å². The van der Waals surface area contributed by atoms with Crippen molar-refractivity contribution in [1.29, 1.82) is 0 Å². The lowest BCUT2D eigenvalue weighted by atomic mass is 9.99. The Hall–Kier alpha value is -2.41. The summed E-state index contributed by atoms with van der Waals surface area (Å²) in [5, 5.41) is 20.0. The van der Waals surface area contributed by atoms with Crippen molar-refractivity contribution in [2.75, 3.05) is 6.54 Å². The van der Waals surface area contributed by atoms with Gasteiger partial charge >= 0.3 is 11.9 Å². The van der Waals surface area contributed by atoms with Crippen molar-refractivity contribution >= 4 is 17.8 Å². The third-order valence-electron chi connectivity index (χ3n) is 2.71. The first kappa shape index (κ1) is 15.6. The van der Waals surface area contributed by atoms with E-state index in [1.165, 1.54) is 0 Å². The molecule has 5 N–H and O–H groups in total. The zero-order chi connectivity index (χ0) is 15.1. The quantitative estimate of drug-likeness (QED) is 0.546. The fourth-order valence-electron chi connectivity index (χ4n) is 1.65. The number of aliphatic carboxylic acids is 2. The SMILES string of the molecule is NC(CC(=O)O)C(=O)NCC(C(=O)O)c1ccccc1. The second kappa shape index (κ2) is 7.25. The van der Waals surface area contributed by atoms with E-state index in [0.29, 0.717) is 5.56 Å². The maximum atomic E-state index is 11.5. The Morgan fingerprint density at radius 3 is 2.25 bits per heavy atom. The molecule has 0 bridgehead atoms. The van der Waals surface area contributed by atoms with Crippen LogP contribution in [0.1, 0.15) is 17.9 Å². The normalized spacial score (nSPS) is 13.2. The van der Waals surface area contributed by atoms with Crippen LogP contribution >= 0.6 is 0 Å². The van der Waals surface area contributed by atoms with Crippen LogP contribution < -0.4 is 11.1 Å². The van der Waals surface area contributed by atoms with E-state index in [1.54, 1.807) is 30.3 Å². The van der Waals surface area contributed by atoms with Crippen LogP contribution in [0.3, 0.4) is 0 Å². The number of carboxylic acids is 2. The summed E-state index contributed by atoms with van der Waals surface area (Å²) in [6, 6.07) is 7.23. The average molecular weight is 280 g/mol. The molecule has 1 aromatic rings. The molecule has 0 saturated heterocycles. The van der Waals surface area contributed by atoms with Crippen molar-refractivity contribution in [2.24, 2.45) is 5.73 Å². The smallest absolute Gasteiger partial charge is 0.312 e. The van der Waals surface area contributed by atoms with Crippen LogP contribution in [0.25, 0.3) is 0 Å². The number of carboxylic acid groups (broad SMARTS) is 2. The molecule has 0 aliphatic heterocycles. The van der Waals surface area contributed by atoms with Crippen molar-refractivity contribution in [3.05, 3.63) is 35.9 Å². The summed E-state index contributed by atoms with van der Waals surface area (Å²) in [5.41, 5.74) is 5.93. The lowest BCUT2D eigenvalue weighted by Crippen LogP contribution is -2.44. The number of benzene rings is 1. The molecule has 1 amide bonds. The van der Waals surface area contributed by atoms with Crippen LogP contribution in [0.4, 0.5) is 0 Å². The average Bonchev–Trinajstić information content (AvgIpc) is 2.38. The van der Waals surface area contributed by atoms with E-state index in [-0.39, 0.29) is 6.54 Å². The number of amides is 1. The van der Waals surface area contributed by atoms with Crippen molar-refractivity contribution in [3.8, 4) is 0 Å². The lowest BCUT2D eigenvalue weighted by Gasteiger charge is -2.15. The summed E-state index contributed by atoms with van der Waals surface area (Å²) in [6.07, 6.45) is -0.505. The van der Waals surface area contributed by atoms with Gasteiger partial charge in [-0.2, -0.15) is 0 Å². The Balaban J connectivity index is 2.63. The second-order valence-electron chi connectivity index (χ2n) is 4.25. The van der Waals surface area contributed by atoms with Gasteiger partial charge in [0.15, 0.2) is 0 Å². The summed E-state index contributed by atoms with van der Waals surface area (Å²) in [4.78, 5) is 33.2. The predicted octanol–water partition coefficient (Wildman–Crippen LogP) is -0.227. The van der Waals surface area contributed by atoms with Gasteiger partial charge < -0.3 is 21.3 Å². The minimum absolute atomic E-state index is 0.147. The molecule has 7 heteroatoms. The number of carbonyl (C=O) groups is 3. The van der Waals surface area contributed by atoms with Crippen molar-refractivity contribution in [1.82, 2.24) is 5.32 Å². The van der Waals surface area contributed by atoms with Gasteiger partial charge in [-0.15, -0.1) is 0 Å². The topological polar surface area (TPSA) is 130 Å². The monoisotopic (exact) mass is 280 g/mol. The van der Waals surface area contributed by atoms with Crippen LogP contribution in [0.2, 0.25) is 0 Å². The maximum Gasteiger partial charge on any atom is 0.312 e. The number of rotatable bonds is 7. The van der Waals surface area contributed by atoms with Gasteiger partial charge in [-0.3, -0.25) is 14.4 Å². The van der Waals surface area contributed by atoms with Gasteiger partial charge in [0.25, 0.3) is 0 Å². The summed E-state index contributed by atoms with van der Waals surface area (Å²) in [7, 11) is 0. The fraction of sp³-hybridized carbons (Fsp3) is 0.308.